The Balaban J connectivity index is 1.95. The number of alkyl halides is 6. The van der Waals surface area contributed by atoms with E-state index in [2.05, 4.69) is 0 Å². The highest BCUT2D eigenvalue weighted by molar-refractivity contribution is 6.13. The molecule has 0 bridgehead atoms. The van der Waals surface area contributed by atoms with Crippen molar-refractivity contribution in [2.45, 2.75) is 18.4 Å². The van der Waals surface area contributed by atoms with Crippen LogP contribution in [0.5, 0.6) is 0 Å². The third kappa shape index (κ3) is 6.76. The normalized spacial score (nSPS) is 12.9. The summed E-state index contributed by atoms with van der Waals surface area (Å²) in [5, 5.41) is 0. The number of hydrogen-bond acceptors (Lipinski definition) is 1. The highest BCUT2D eigenvalue weighted by Crippen LogP contribution is 2.38. The molecule has 0 spiro atoms. The molecule has 37 heavy (non-hydrogen) atoms. The van der Waals surface area contributed by atoms with Crippen molar-refractivity contribution in [2.24, 2.45) is 4.99 Å². The van der Waals surface area contributed by atoms with E-state index in [1.54, 1.807) is 97.1 Å². The average Bonchev–Trinajstić information content (AvgIpc) is 2.89. The number of aliphatic imine (C=N–C) groups is 1. The van der Waals surface area contributed by atoms with Crippen molar-refractivity contribution < 1.29 is 26.3 Å². The average molecular weight is 509 g/mol. The second kappa shape index (κ2) is 10.9. The van der Waals surface area contributed by atoms with Crippen LogP contribution in [-0.2, 0) is 12.4 Å². The molecule has 1 atom stereocenters. The minimum Gasteiger partial charge on any atom is -0.272 e. The lowest BCUT2D eigenvalue weighted by molar-refractivity contribution is -0.143. The first-order chi connectivity index (χ1) is 17.6. The molecule has 4 rings (SSSR count). The van der Waals surface area contributed by atoms with E-state index in [1.165, 1.54) is 6.08 Å². The quantitative estimate of drug-likeness (QED) is 0.182. The van der Waals surface area contributed by atoms with Crippen LogP contribution < -0.4 is 0 Å². The van der Waals surface area contributed by atoms with Crippen LogP contribution in [0.4, 0.5) is 26.3 Å². The van der Waals surface area contributed by atoms with Gasteiger partial charge < -0.3 is 0 Å². The summed E-state index contributed by atoms with van der Waals surface area (Å²) in [7, 11) is 0. The third-order valence-electron chi connectivity index (χ3n) is 5.58. The highest BCUT2D eigenvalue weighted by Gasteiger charge is 2.37. The predicted octanol–water partition coefficient (Wildman–Crippen LogP) is 9.02. The Morgan fingerprint density at radius 3 is 1.46 bits per heavy atom. The molecule has 0 saturated heterocycles. The Labute approximate surface area is 210 Å². The lowest BCUT2D eigenvalue weighted by atomic mass is 9.97. The molecule has 0 fully saturated rings. The van der Waals surface area contributed by atoms with Crippen LogP contribution in [0.15, 0.2) is 120 Å². The molecule has 0 aliphatic carbocycles. The van der Waals surface area contributed by atoms with E-state index in [9.17, 15) is 26.3 Å². The molecular weight excluding hydrogens is 488 g/mol. The van der Waals surface area contributed by atoms with Crippen molar-refractivity contribution in [3.63, 3.8) is 0 Å². The fourth-order valence-electron chi connectivity index (χ4n) is 3.79. The summed E-state index contributed by atoms with van der Waals surface area (Å²) >= 11 is 0. The molecule has 7 heteroatoms. The Morgan fingerprint density at radius 1 is 0.595 bits per heavy atom. The molecule has 0 radical (unpaired) electrons. The standard InChI is InChI=1S/C30H21F6N/c31-29(32,33)25-18-24(19-26(20-25)30(34,35)36)27(17-16-21-10-4-1-5-11-21)37-28(22-12-6-2-7-13-22)23-14-8-3-9-15-23/h1-20,27H/b17-16+. The van der Waals surface area contributed by atoms with Gasteiger partial charge in [0.2, 0.25) is 0 Å². The van der Waals surface area contributed by atoms with Gasteiger partial charge in [0.05, 0.1) is 22.9 Å². The van der Waals surface area contributed by atoms with Crippen LogP contribution in [0.1, 0.15) is 39.4 Å². The number of halogens is 6. The summed E-state index contributed by atoms with van der Waals surface area (Å²) in [4.78, 5) is 4.74. The number of rotatable bonds is 6. The van der Waals surface area contributed by atoms with Crippen LogP contribution in [0, 0.1) is 0 Å². The van der Waals surface area contributed by atoms with Gasteiger partial charge in [-0.1, -0.05) is 103 Å². The Bertz CT molecular complexity index is 1300. The molecule has 1 unspecified atom stereocenters. The molecule has 0 N–H and O–H groups in total. The van der Waals surface area contributed by atoms with Crippen molar-refractivity contribution >= 4 is 11.8 Å². The second-order valence-corrected chi connectivity index (χ2v) is 8.26. The first kappa shape index (κ1) is 25.9. The molecule has 4 aromatic carbocycles. The van der Waals surface area contributed by atoms with Crippen LogP contribution in [0.25, 0.3) is 6.08 Å². The van der Waals surface area contributed by atoms with Crippen molar-refractivity contribution in [3.8, 4) is 0 Å². The van der Waals surface area contributed by atoms with E-state index in [4.69, 9.17) is 4.99 Å². The van der Waals surface area contributed by atoms with Crippen molar-refractivity contribution in [1.82, 2.24) is 0 Å². The SMILES string of the molecule is FC(F)(F)c1cc(C(/C=C/c2ccccc2)N=C(c2ccccc2)c2ccccc2)cc(C(F)(F)F)c1. The summed E-state index contributed by atoms with van der Waals surface area (Å²) < 4.78 is 81.7. The van der Waals surface area contributed by atoms with Gasteiger partial charge in [0.1, 0.15) is 0 Å². The first-order valence-electron chi connectivity index (χ1n) is 11.3. The van der Waals surface area contributed by atoms with E-state index in [1.807, 2.05) is 0 Å². The van der Waals surface area contributed by atoms with Gasteiger partial charge in [-0.25, -0.2) is 0 Å². The molecule has 0 aliphatic rings. The van der Waals surface area contributed by atoms with Crippen LogP contribution >= 0.6 is 0 Å². The first-order valence-corrected chi connectivity index (χ1v) is 11.3. The number of nitrogens with zero attached hydrogens (tertiary/aromatic N) is 1. The van der Waals surface area contributed by atoms with Gasteiger partial charge in [-0.3, -0.25) is 4.99 Å². The van der Waals surface area contributed by atoms with Gasteiger partial charge in [0.25, 0.3) is 0 Å². The lowest BCUT2D eigenvalue weighted by Gasteiger charge is -2.18. The maximum atomic E-state index is 13.6. The van der Waals surface area contributed by atoms with Gasteiger partial charge in [0, 0.05) is 11.1 Å². The largest absolute Gasteiger partial charge is 0.416 e. The van der Waals surface area contributed by atoms with Crippen molar-refractivity contribution in [2.75, 3.05) is 0 Å². The Kier molecular flexibility index (Phi) is 7.62. The number of hydrogen-bond donors (Lipinski definition) is 0. The summed E-state index contributed by atoms with van der Waals surface area (Å²) in [5.41, 5.74) is -0.469. The van der Waals surface area contributed by atoms with Gasteiger partial charge in [-0.05, 0) is 29.3 Å². The molecule has 0 aromatic heterocycles. The number of benzene rings is 4. The molecule has 0 heterocycles. The zero-order chi connectivity index (χ0) is 26.5. The minimum absolute atomic E-state index is 0.125. The van der Waals surface area contributed by atoms with E-state index >= 15 is 0 Å². The maximum Gasteiger partial charge on any atom is 0.416 e. The highest BCUT2D eigenvalue weighted by atomic mass is 19.4. The Morgan fingerprint density at radius 2 is 1.03 bits per heavy atom. The van der Waals surface area contributed by atoms with Crippen LogP contribution in [-0.4, -0.2) is 5.71 Å². The summed E-state index contributed by atoms with van der Waals surface area (Å²) in [6.07, 6.45) is -6.78. The summed E-state index contributed by atoms with van der Waals surface area (Å²) in [5.74, 6) is 0. The minimum atomic E-state index is -4.96. The van der Waals surface area contributed by atoms with Gasteiger partial charge in [-0.2, -0.15) is 26.3 Å². The molecular formula is C30H21F6N. The van der Waals surface area contributed by atoms with Gasteiger partial charge >= 0.3 is 12.4 Å². The topological polar surface area (TPSA) is 12.4 Å². The van der Waals surface area contributed by atoms with Crippen LogP contribution in [0.2, 0.25) is 0 Å². The molecule has 1 nitrogen and oxygen atoms in total. The molecule has 0 aliphatic heterocycles. The van der Waals surface area contributed by atoms with E-state index in [0.717, 1.165) is 17.7 Å². The summed E-state index contributed by atoms with van der Waals surface area (Å²) in [6, 6.07) is 27.3. The zero-order valence-corrected chi connectivity index (χ0v) is 19.3. The second-order valence-electron chi connectivity index (χ2n) is 8.26. The third-order valence-corrected chi connectivity index (χ3v) is 5.58. The molecule has 188 valence electrons. The van der Waals surface area contributed by atoms with Gasteiger partial charge in [0.15, 0.2) is 0 Å². The van der Waals surface area contributed by atoms with E-state index < -0.39 is 29.5 Å². The zero-order valence-electron chi connectivity index (χ0n) is 19.3. The monoisotopic (exact) mass is 509 g/mol. The molecule has 0 saturated carbocycles. The van der Waals surface area contributed by atoms with E-state index in [0.29, 0.717) is 16.8 Å². The fourth-order valence-corrected chi connectivity index (χ4v) is 3.79. The fraction of sp³-hybridized carbons (Fsp3) is 0.100. The van der Waals surface area contributed by atoms with Crippen LogP contribution in [0.3, 0.4) is 0 Å². The maximum absolute atomic E-state index is 13.6. The smallest absolute Gasteiger partial charge is 0.272 e. The van der Waals surface area contributed by atoms with Crippen molar-refractivity contribution in [1.29, 1.82) is 0 Å². The predicted molar refractivity (Wildman–Crippen MR) is 133 cm³/mol. The van der Waals surface area contributed by atoms with E-state index in [-0.39, 0.29) is 11.6 Å². The summed E-state index contributed by atoms with van der Waals surface area (Å²) in [6.45, 7) is 0. The van der Waals surface area contributed by atoms with Gasteiger partial charge in [-0.15, -0.1) is 0 Å². The lowest BCUT2D eigenvalue weighted by Crippen LogP contribution is -2.13. The molecule has 0 amide bonds. The molecule has 4 aromatic rings. The van der Waals surface area contributed by atoms with Crippen molar-refractivity contribution in [3.05, 3.63) is 149 Å². The Hall–Kier alpha value is -4.13.